The monoisotopic (exact) mass is 378 g/mol. The van der Waals surface area contributed by atoms with E-state index in [9.17, 15) is 4.79 Å². The van der Waals surface area contributed by atoms with Crippen molar-refractivity contribution < 1.29 is 9.53 Å². The summed E-state index contributed by atoms with van der Waals surface area (Å²) in [5, 5.41) is 0. The molecule has 1 saturated heterocycles. The van der Waals surface area contributed by atoms with Crippen molar-refractivity contribution in [1.82, 2.24) is 9.80 Å². The number of para-hydroxylation sites is 1. The summed E-state index contributed by atoms with van der Waals surface area (Å²) in [6.45, 7) is 9.19. The second-order valence-corrected chi connectivity index (χ2v) is 7.19. The molecule has 0 saturated carbocycles. The van der Waals surface area contributed by atoms with Gasteiger partial charge in [-0.2, -0.15) is 0 Å². The van der Waals surface area contributed by atoms with Crippen LogP contribution in [0.3, 0.4) is 0 Å². The van der Waals surface area contributed by atoms with Gasteiger partial charge in [-0.25, -0.2) is 0 Å². The lowest BCUT2D eigenvalue weighted by molar-refractivity contribution is -0.125. The summed E-state index contributed by atoms with van der Waals surface area (Å²) in [7, 11) is 0. The van der Waals surface area contributed by atoms with Crippen LogP contribution < -0.4 is 4.74 Å². The van der Waals surface area contributed by atoms with Crippen molar-refractivity contribution in [3.05, 3.63) is 71.3 Å². The van der Waals surface area contributed by atoms with Gasteiger partial charge in [-0.05, 0) is 43.5 Å². The molecular weight excluding hydrogens is 348 g/mol. The van der Waals surface area contributed by atoms with Crippen LogP contribution in [0, 0.1) is 6.92 Å². The minimum absolute atomic E-state index is 0.0732. The third-order valence-corrected chi connectivity index (χ3v) is 5.18. The molecule has 2 aromatic rings. The highest BCUT2D eigenvalue weighted by Crippen LogP contribution is 2.19. The van der Waals surface area contributed by atoms with Gasteiger partial charge >= 0.3 is 0 Å². The molecule has 28 heavy (non-hydrogen) atoms. The molecule has 1 amide bonds. The van der Waals surface area contributed by atoms with Crippen molar-refractivity contribution in [3.63, 3.8) is 0 Å². The Hall–Kier alpha value is -2.59. The molecule has 3 rings (SSSR count). The number of hydrogen-bond donors (Lipinski definition) is 0. The van der Waals surface area contributed by atoms with Crippen LogP contribution in [0.5, 0.6) is 5.75 Å². The summed E-state index contributed by atoms with van der Waals surface area (Å²) in [4.78, 5) is 17.1. The van der Waals surface area contributed by atoms with Gasteiger partial charge in [-0.15, -0.1) is 0 Å². The fraction of sp³-hybridized carbons (Fsp3) is 0.375. The lowest BCUT2D eigenvalue weighted by atomic mass is 10.1. The average Bonchev–Trinajstić information content (AvgIpc) is 2.95. The smallest absolute Gasteiger partial charge is 0.246 e. The summed E-state index contributed by atoms with van der Waals surface area (Å²) in [5.41, 5.74) is 3.64. The number of rotatable bonds is 6. The first-order valence-electron chi connectivity index (χ1n) is 10.1. The summed E-state index contributed by atoms with van der Waals surface area (Å²) >= 11 is 0. The molecule has 2 aromatic carbocycles. The molecule has 0 aromatic heterocycles. The van der Waals surface area contributed by atoms with E-state index in [4.69, 9.17) is 4.74 Å². The van der Waals surface area contributed by atoms with Gasteiger partial charge in [-0.1, -0.05) is 42.5 Å². The first kappa shape index (κ1) is 20.2. The molecule has 1 aliphatic heterocycles. The maximum atomic E-state index is 12.7. The van der Waals surface area contributed by atoms with Gasteiger partial charge in [0.1, 0.15) is 5.75 Å². The highest BCUT2D eigenvalue weighted by atomic mass is 16.5. The topological polar surface area (TPSA) is 32.8 Å². The second kappa shape index (κ2) is 10.1. The molecule has 1 aliphatic rings. The molecular formula is C24H30N2O2. The van der Waals surface area contributed by atoms with Crippen LogP contribution in [-0.4, -0.2) is 48.5 Å². The zero-order valence-corrected chi connectivity index (χ0v) is 16.9. The third kappa shape index (κ3) is 5.46. The van der Waals surface area contributed by atoms with Crippen LogP contribution in [-0.2, 0) is 11.3 Å². The van der Waals surface area contributed by atoms with Crippen LogP contribution in [0.15, 0.2) is 54.6 Å². The SMILES string of the molecule is CCOc1ccccc1/C=C/C(=O)N1CCCN(Cc2ccccc2C)CC1. The summed E-state index contributed by atoms with van der Waals surface area (Å²) in [6.07, 6.45) is 4.54. The molecule has 0 atom stereocenters. The zero-order chi connectivity index (χ0) is 19.8. The first-order valence-corrected chi connectivity index (χ1v) is 10.1. The number of carbonyl (C=O) groups excluding carboxylic acids is 1. The second-order valence-electron chi connectivity index (χ2n) is 7.19. The Balaban J connectivity index is 1.58. The Labute approximate surface area is 168 Å². The fourth-order valence-electron chi connectivity index (χ4n) is 3.55. The Morgan fingerprint density at radius 2 is 1.82 bits per heavy atom. The normalized spacial score (nSPS) is 15.6. The van der Waals surface area contributed by atoms with Crippen molar-refractivity contribution in [2.24, 2.45) is 0 Å². The number of ether oxygens (including phenoxy) is 1. The van der Waals surface area contributed by atoms with Crippen LogP contribution >= 0.6 is 0 Å². The zero-order valence-electron chi connectivity index (χ0n) is 16.9. The van der Waals surface area contributed by atoms with Gasteiger partial charge < -0.3 is 9.64 Å². The highest BCUT2D eigenvalue weighted by molar-refractivity contribution is 5.92. The Bertz CT molecular complexity index is 816. The number of hydrogen-bond acceptors (Lipinski definition) is 3. The van der Waals surface area contributed by atoms with E-state index < -0.39 is 0 Å². The van der Waals surface area contributed by atoms with Crippen molar-refractivity contribution >= 4 is 12.0 Å². The molecule has 1 fully saturated rings. The van der Waals surface area contributed by atoms with E-state index in [0.717, 1.165) is 50.5 Å². The number of benzene rings is 2. The van der Waals surface area contributed by atoms with Crippen molar-refractivity contribution in [2.75, 3.05) is 32.8 Å². The number of aryl methyl sites for hydroxylation is 1. The number of amides is 1. The van der Waals surface area contributed by atoms with Gasteiger partial charge in [0, 0.05) is 44.4 Å². The Morgan fingerprint density at radius 1 is 1.04 bits per heavy atom. The molecule has 0 spiro atoms. The highest BCUT2D eigenvalue weighted by Gasteiger charge is 2.18. The Morgan fingerprint density at radius 3 is 2.64 bits per heavy atom. The molecule has 0 bridgehead atoms. The first-order chi connectivity index (χ1) is 13.7. The lowest BCUT2D eigenvalue weighted by Crippen LogP contribution is -2.34. The van der Waals surface area contributed by atoms with Gasteiger partial charge in [0.05, 0.1) is 6.61 Å². The molecule has 4 nitrogen and oxygen atoms in total. The van der Waals surface area contributed by atoms with E-state index in [1.807, 2.05) is 42.2 Å². The molecule has 0 unspecified atom stereocenters. The molecule has 0 radical (unpaired) electrons. The van der Waals surface area contributed by atoms with Gasteiger partial charge in [0.2, 0.25) is 5.91 Å². The predicted molar refractivity (Wildman–Crippen MR) is 114 cm³/mol. The lowest BCUT2D eigenvalue weighted by Gasteiger charge is -2.22. The number of nitrogens with zero attached hydrogens (tertiary/aromatic N) is 2. The molecule has 148 valence electrons. The van der Waals surface area contributed by atoms with Gasteiger partial charge in [0.25, 0.3) is 0 Å². The summed E-state index contributed by atoms with van der Waals surface area (Å²) in [5.74, 6) is 0.887. The predicted octanol–water partition coefficient (Wildman–Crippen LogP) is 4.14. The summed E-state index contributed by atoms with van der Waals surface area (Å²) in [6, 6.07) is 16.3. The minimum Gasteiger partial charge on any atom is -0.493 e. The van der Waals surface area contributed by atoms with E-state index in [2.05, 4.69) is 36.1 Å². The molecule has 0 N–H and O–H groups in total. The molecule has 0 aliphatic carbocycles. The van der Waals surface area contributed by atoms with E-state index in [1.165, 1.54) is 11.1 Å². The average molecular weight is 379 g/mol. The largest absolute Gasteiger partial charge is 0.493 e. The van der Waals surface area contributed by atoms with Gasteiger partial charge in [-0.3, -0.25) is 9.69 Å². The number of carbonyl (C=O) groups is 1. The maximum absolute atomic E-state index is 12.7. The minimum atomic E-state index is 0.0732. The van der Waals surface area contributed by atoms with Crippen molar-refractivity contribution in [1.29, 1.82) is 0 Å². The standard InChI is InChI=1S/C24H30N2O2/c1-3-28-23-12-7-6-10-21(23)13-14-24(27)26-16-8-15-25(17-18-26)19-22-11-5-4-9-20(22)2/h4-7,9-14H,3,8,15-19H2,1-2H3/b14-13+. The van der Waals surface area contributed by atoms with Crippen LogP contribution in [0.1, 0.15) is 30.0 Å². The maximum Gasteiger partial charge on any atom is 0.246 e. The summed E-state index contributed by atoms with van der Waals surface area (Å²) < 4.78 is 5.63. The van der Waals surface area contributed by atoms with E-state index in [1.54, 1.807) is 6.08 Å². The van der Waals surface area contributed by atoms with Crippen molar-refractivity contribution in [2.45, 2.75) is 26.8 Å². The Kier molecular flexibility index (Phi) is 7.26. The molecule has 1 heterocycles. The van der Waals surface area contributed by atoms with Crippen LogP contribution in [0.2, 0.25) is 0 Å². The van der Waals surface area contributed by atoms with E-state index in [-0.39, 0.29) is 5.91 Å². The fourth-order valence-corrected chi connectivity index (χ4v) is 3.55. The van der Waals surface area contributed by atoms with Crippen LogP contribution in [0.25, 0.3) is 6.08 Å². The third-order valence-electron chi connectivity index (χ3n) is 5.18. The quantitative estimate of drug-likeness (QED) is 0.708. The van der Waals surface area contributed by atoms with E-state index in [0.29, 0.717) is 6.61 Å². The van der Waals surface area contributed by atoms with Crippen molar-refractivity contribution in [3.8, 4) is 5.75 Å². The van der Waals surface area contributed by atoms with Gasteiger partial charge in [0.15, 0.2) is 0 Å². The molecule has 4 heteroatoms. The van der Waals surface area contributed by atoms with E-state index >= 15 is 0 Å². The van der Waals surface area contributed by atoms with Crippen LogP contribution in [0.4, 0.5) is 0 Å².